The third kappa shape index (κ3) is 3.35. The largest absolute Gasteiger partial charge is 0.395 e. The van der Waals surface area contributed by atoms with Crippen LogP contribution in [0.5, 0.6) is 0 Å². The zero-order chi connectivity index (χ0) is 13.7. The summed E-state index contributed by atoms with van der Waals surface area (Å²) in [7, 11) is 0. The monoisotopic (exact) mass is 263 g/mol. The zero-order valence-corrected chi connectivity index (χ0v) is 11.8. The number of benzene rings is 1. The van der Waals surface area contributed by atoms with E-state index in [1.807, 2.05) is 18.2 Å². The van der Waals surface area contributed by atoms with E-state index < -0.39 is 0 Å². The Bertz CT molecular complexity index is 382. The summed E-state index contributed by atoms with van der Waals surface area (Å²) in [4.78, 5) is 2.34. The molecule has 2 N–H and O–H groups in total. The van der Waals surface area contributed by atoms with Gasteiger partial charge in [0, 0.05) is 18.0 Å². The number of aliphatic hydroxyl groups is 2. The number of likely N-dealkylation sites (tertiary alicyclic amines) is 1. The number of hydrogen-bond acceptors (Lipinski definition) is 3. The first-order valence-corrected chi connectivity index (χ1v) is 7.21. The van der Waals surface area contributed by atoms with Gasteiger partial charge in [-0.25, -0.2) is 0 Å². The van der Waals surface area contributed by atoms with Crippen LogP contribution < -0.4 is 0 Å². The van der Waals surface area contributed by atoms with Gasteiger partial charge in [-0.1, -0.05) is 43.7 Å². The van der Waals surface area contributed by atoms with E-state index in [4.69, 9.17) is 0 Å². The van der Waals surface area contributed by atoms with Gasteiger partial charge in [0.15, 0.2) is 0 Å². The number of rotatable bonds is 5. The molecule has 0 amide bonds. The lowest BCUT2D eigenvalue weighted by Crippen LogP contribution is -2.49. The Morgan fingerprint density at radius 3 is 2.58 bits per heavy atom. The molecule has 2 atom stereocenters. The summed E-state index contributed by atoms with van der Waals surface area (Å²) in [6.45, 7) is 4.28. The lowest BCUT2D eigenvalue weighted by molar-refractivity contribution is 0.0561. The average Bonchev–Trinajstić information content (AvgIpc) is 2.48. The van der Waals surface area contributed by atoms with Crippen LogP contribution in [0, 0.1) is 0 Å². The number of nitrogens with zero attached hydrogens (tertiary/aromatic N) is 1. The Labute approximate surface area is 115 Å². The highest BCUT2D eigenvalue weighted by Gasteiger charge is 2.32. The molecule has 106 valence electrons. The van der Waals surface area contributed by atoms with Crippen molar-refractivity contribution >= 4 is 0 Å². The maximum atomic E-state index is 9.84. The molecule has 0 radical (unpaired) electrons. The van der Waals surface area contributed by atoms with Crippen LogP contribution in [0.15, 0.2) is 30.3 Å². The van der Waals surface area contributed by atoms with Gasteiger partial charge in [-0.2, -0.15) is 0 Å². The van der Waals surface area contributed by atoms with Gasteiger partial charge >= 0.3 is 0 Å². The molecule has 1 heterocycles. The van der Waals surface area contributed by atoms with Crippen LogP contribution in [0.3, 0.4) is 0 Å². The quantitative estimate of drug-likeness (QED) is 0.851. The Balaban J connectivity index is 2.13. The second kappa shape index (κ2) is 6.51. The molecular weight excluding hydrogens is 238 g/mol. The molecule has 2 unspecified atom stereocenters. The topological polar surface area (TPSA) is 43.7 Å². The smallest absolute Gasteiger partial charge is 0.0586 e. The minimum Gasteiger partial charge on any atom is -0.395 e. The van der Waals surface area contributed by atoms with Crippen molar-refractivity contribution in [3.05, 3.63) is 35.9 Å². The van der Waals surface area contributed by atoms with Crippen molar-refractivity contribution in [1.29, 1.82) is 0 Å². The van der Waals surface area contributed by atoms with E-state index in [0.29, 0.717) is 0 Å². The van der Waals surface area contributed by atoms with Crippen LogP contribution in [-0.4, -0.2) is 47.5 Å². The lowest BCUT2D eigenvalue weighted by atomic mass is 9.82. The molecule has 1 fully saturated rings. The molecule has 1 saturated heterocycles. The fourth-order valence-corrected chi connectivity index (χ4v) is 3.00. The second-order valence-electron chi connectivity index (χ2n) is 5.89. The van der Waals surface area contributed by atoms with Gasteiger partial charge in [0.25, 0.3) is 0 Å². The number of piperidine rings is 1. The molecule has 2 rings (SSSR count). The van der Waals surface area contributed by atoms with E-state index in [9.17, 15) is 10.2 Å². The van der Waals surface area contributed by atoms with Crippen molar-refractivity contribution in [2.75, 3.05) is 26.3 Å². The molecule has 1 aliphatic rings. The summed E-state index contributed by atoms with van der Waals surface area (Å²) in [6.07, 6.45) is 3.45. The van der Waals surface area contributed by atoms with Gasteiger partial charge in [-0.15, -0.1) is 0 Å². The van der Waals surface area contributed by atoms with Crippen molar-refractivity contribution in [1.82, 2.24) is 4.90 Å². The fourth-order valence-electron chi connectivity index (χ4n) is 3.00. The molecule has 3 heteroatoms. The van der Waals surface area contributed by atoms with E-state index in [2.05, 4.69) is 24.0 Å². The highest BCUT2D eigenvalue weighted by molar-refractivity contribution is 5.25. The molecule has 1 aromatic carbocycles. The summed E-state index contributed by atoms with van der Waals surface area (Å²) in [6, 6.07) is 10.4. The molecule has 0 spiro atoms. The van der Waals surface area contributed by atoms with Gasteiger partial charge < -0.3 is 10.2 Å². The lowest BCUT2D eigenvalue weighted by Gasteiger charge is -2.41. The Morgan fingerprint density at radius 2 is 1.95 bits per heavy atom. The van der Waals surface area contributed by atoms with Gasteiger partial charge in [0.2, 0.25) is 0 Å². The van der Waals surface area contributed by atoms with Gasteiger partial charge in [0.1, 0.15) is 0 Å². The minimum atomic E-state index is -0.258. The zero-order valence-electron chi connectivity index (χ0n) is 11.8. The average molecular weight is 263 g/mol. The molecular formula is C16H25NO2. The summed E-state index contributed by atoms with van der Waals surface area (Å²) in [5, 5.41) is 19.3. The fraction of sp³-hybridized carbons (Fsp3) is 0.625. The summed E-state index contributed by atoms with van der Waals surface area (Å²) in [5.74, 6) is 0. The molecule has 3 nitrogen and oxygen atoms in total. The van der Waals surface area contributed by atoms with Crippen molar-refractivity contribution in [2.24, 2.45) is 0 Å². The van der Waals surface area contributed by atoms with Crippen molar-refractivity contribution in [3.8, 4) is 0 Å². The first kappa shape index (κ1) is 14.5. The summed E-state index contributed by atoms with van der Waals surface area (Å²) < 4.78 is 0. The maximum absolute atomic E-state index is 9.84. The predicted octanol–water partition coefficient (Wildman–Crippen LogP) is 1.78. The van der Waals surface area contributed by atoms with E-state index in [1.165, 1.54) is 18.4 Å². The van der Waals surface area contributed by atoms with E-state index in [0.717, 1.165) is 19.5 Å². The molecule has 1 aliphatic heterocycles. The van der Waals surface area contributed by atoms with Gasteiger partial charge in [-0.3, -0.25) is 4.90 Å². The van der Waals surface area contributed by atoms with Gasteiger partial charge in [-0.05, 0) is 24.9 Å². The Kier molecular flexibility index (Phi) is 4.97. The second-order valence-corrected chi connectivity index (χ2v) is 5.89. The first-order chi connectivity index (χ1) is 9.19. The van der Waals surface area contributed by atoms with Crippen molar-refractivity contribution in [2.45, 2.75) is 37.6 Å². The van der Waals surface area contributed by atoms with E-state index in [-0.39, 0.29) is 24.7 Å². The van der Waals surface area contributed by atoms with Crippen LogP contribution in [0.2, 0.25) is 0 Å². The minimum absolute atomic E-state index is 0.131. The summed E-state index contributed by atoms with van der Waals surface area (Å²) >= 11 is 0. The van der Waals surface area contributed by atoms with E-state index >= 15 is 0 Å². The van der Waals surface area contributed by atoms with Crippen LogP contribution in [0.4, 0.5) is 0 Å². The van der Waals surface area contributed by atoms with Crippen LogP contribution in [-0.2, 0) is 5.41 Å². The van der Waals surface area contributed by atoms with E-state index in [1.54, 1.807) is 0 Å². The molecule has 0 bridgehead atoms. The van der Waals surface area contributed by atoms with Crippen molar-refractivity contribution in [3.63, 3.8) is 0 Å². The van der Waals surface area contributed by atoms with Crippen LogP contribution in [0.25, 0.3) is 0 Å². The molecule has 1 aromatic rings. The highest BCUT2D eigenvalue weighted by atomic mass is 16.3. The first-order valence-electron chi connectivity index (χ1n) is 7.21. The molecule has 0 aromatic heterocycles. The third-order valence-corrected chi connectivity index (χ3v) is 4.33. The normalized spacial score (nSPS) is 24.1. The van der Waals surface area contributed by atoms with Gasteiger partial charge in [0.05, 0.1) is 13.2 Å². The maximum Gasteiger partial charge on any atom is 0.0586 e. The Hall–Kier alpha value is -0.900. The van der Waals surface area contributed by atoms with Crippen molar-refractivity contribution < 1.29 is 10.2 Å². The van der Waals surface area contributed by atoms with Crippen LogP contribution >= 0.6 is 0 Å². The van der Waals surface area contributed by atoms with Crippen LogP contribution in [0.1, 0.15) is 31.7 Å². The molecule has 19 heavy (non-hydrogen) atoms. The standard InChI is InChI=1S/C16H25NO2/c1-16(13-19,14-7-3-2-4-8-14)12-17-10-6-5-9-15(17)11-18/h2-4,7-8,15,18-19H,5-6,9-13H2,1H3. The highest BCUT2D eigenvalue weighted by Crippen LogP contribution is 2.27. The third-order valence-electron chi connectivity index (χ3n) is 4.33. The summed E-state index contributed by atoms with van der Waals surface area (Å²) in [5.41, 5.74) is 0.909. The molecule has 0 saturated carbocycles. The number of hydrogen-bond donors (Lipinski definition) is 2. The number of aliphatic hydroxyl groups excluding tert-OH is 2. The Morgan fingerprint density at radius 1 is 1.21 bits per heavy atom. The molecule has 0 aliphatic carbocycles. The predicted molar refractivity (Wildman–Crippen MR) is 77.2 cm³/mol. The SMILES string of the molecule is CC(CO)(CN1CCCCC1CO)c1ccccc1.